The van der Waals surface area contributed by atoms with Crippen LogP contribution in [-0.2, 0) is 13.1 Å². The van der Waals surface area contributed by atoms with Crippen LogP contribution < -0.4 is 16.4 Å². The number of hydrogen-bond acceptors (Lipinski definition) is 5. The highest BCUT2D eigenvalue weighted by atomic mass is 35.5. The summed E-state index contributed by atoms with van der Waals surface area (Å²) in [4.78, 5) is 9.23. The number of rotatable bonds is 9. The minimum Gasteiger partial charge on any atom is -0.383 e. The molecule has 0 aliphatic carbocycles. The minimum absolute atomic E-state index is 0.478. The molecule has 2 heterocycles. The standard InChI is InChI=1S/C26H29Cl3N6/c1-17(32-15-19-5-2-3-6-20(19)27)33-16-23-25(30)35(14-11-18-9-12-31-13-10-18)26(34-23)24-21(28)7-4-8-22(24)29/h2-8,16,18,31-32H,1,9-15,30H2. The van der Waals surface area contributed by atoms with Gasteiger partial charge in [-0.25, -0.2) is 9.98 Å². The van der Waals surface area contributed by atoms with Crippen LogP contribution >= 0.6 is 34.8 Å². The normalized spacial score (nSPS) is 14.5. The summed E-state index contributed by atoms with van der Waals surface area (Å²) in [5.41, 5.74) is 8.75. The SMILES string of the molecule is C=C(N=Cc1nc(-c2c(Cl)cccc2Cl)n(CCC2CCNCC2)c1N)NCc1ccccc1Cl. The molecule has 1 aromatic heterocycles. The monoisotopic (exact) mass is 530 g/mol. The molecule has 0 radical (unpaired) electrons. The van der Waals surface area contributed by atoms with E-state index >= 15 is 0 Å². The van der Waals surface area contributed by atoms with Gasteiger partial charge in [-0.05, 0) is 62.0 Å². The van der Waals surface area contributed by atoms with E-state index in [1.807, 2.05) is 34.9 Å². The predicted molar refractivity (Wildman–Crippen MR) is 147 cm³/mol. The topological polar surface area (TPSA) is 80.3 Å². The molecule has 184 valence electrons. The number of nitrogens with zero attached hydrogens (tertiary/aromatic N) is 3. The average Bonchev–Trinajstić information content (AvgIpc) is 3.16. The quantitative estimate of drug-likeness (QED) is 0.289. The van der Waals surface area contributed by atoms with Crippen LogP contribution in [0.1, 0.15) is 30.5 Å². The Morgan fingerprint density at radius 2 is 1.80 bits per heavy atom. The average molecular weight is 532 g/mol. The summed E-state index contributed by atoms with van der Waals surface area (Å²) in [6, 6.07) is 13.1. The molecule has 0 saturated carbocycles. The Labute approximate surface area is 221 Å². The number of imidazole rings is 1. The highest BCUT2D eigenvalue weighted by molar-refractivity contribution is 6.39. The van der Waals surface area contributed by atoms with Crippen LogP contribution in [0.3, 0.4) is 0 Å². The molecular weight excluding hydrogens is 503 g/mol. The number of aliphatic imine (C=N–C) groups is 1. The molecule has 35 heavy (non-hydrogen) atoms. The summed E-state index contributed by atoms with van der Waals surface area (Å²) in [7, 11) is 0. The third-order valence-corrected chi connectivity index (χ3v) is 7.22. The van der Waals surface area contributed by atoms with Gasteiger partial charge in [-0.15, -0.1) is 0 Å². The maximum Gasteiger partial charge on any atom is 0.145 e. The number of benzene rings is 2. The number of anilines is 1. The van der Waals surface area contributed by atoms with Crippen molar-refractivity contribution in [3.05, 3.63) is 81.2 Å². The Hall–Kier alpha value is -2.51. The Morgan fingerprint density at radius 3 is 2.51 bits per heavy atom. The van der Waals surface area contributed by atoms with E-state index in [9.17, 15) is 0 Å². The fraction of sp³-hybridized carbons (Fsp3) is 0.308. The van der Waals surface area contributed by atoms with Crippen molar-refractivity contribution in [3.63, 3.8) is 0 Å². The highest BCUT2D eigenvalue weighted by Gasteiger charge is 2.21. The van der Waals surface area contributed by atoms with Crippen molar-refractivity contribution in [2.45, 2.75) is 32.4 Å². The zero-order chi connectivity index (χ0) is 24.8. The summed E-state index contributed by atoms with van der Waals surface area (Å²) in [6.45, 7) is 7.31. The van der Waals surface area contributed by atoms with Crippen LogP contribution in [0.25, 0.3) is 11.4 Å². The lowest BCUT2D eigenvalue weighted by Crippen LogP contribution is -2.28. The summed E-state index contributed by atoms with van der Waals surface area (Å²) >= 11 is 19.3. The van der Waals surface area contributed by atoms with Gasteiger partial charge in [0.2, 0.25) is 0 Å². The molecule has 4 rings (SSSR count). The van der Waals surface area contributed by atoms with Crippen molar-refractivity contribution in [2.75, 3.05) is 18.8 Å². The molecule has 0 atom stereocenters. The number of nitrogens with two attached hydrogens (primary N) is 1. The lowest BCUT2D eigenvalue weighted by Gasteiger charge is -2.23. The smallest absolute Gasteiger partial charge is 0.145 e. The molecule has 0 amide bonds. The van der Waals surface area contributed by atoms with E-state index in [1.54, 1.807) is 18.3 Å². The Bertz CT molecular complexity index is 1190. The molecule has 3 aromatic rings. The van der Waals surface area contributed by atoms with E-state index in [0.717, 1.165) is 44.5 Å². The van der Waals surface area contributed by atoms with Crippen molar-refractivity contribution in [1.82, 2.24) is 20.2 Å². The Morgan fingerprint density at radius 1 is 1.11 bits per heavy atom. The van der Waals surface area contributed by atoms with Gasteiger partial charge in [0, 0.05) is 18.1 Å². The summed E-state index contributed by atoms with van der Waals surface area (Å²) in [6.07, 6.45) is 4.93. The van der Waals surface area contributed by atoms with Crippen LogP contribution in [-0.4, -0.2) is 28.9 Å². The molecule has 0 unspecified atom stereocenters. The van der Waals surface area contributed by atoms with Crippen molar-refractivity contribution in [1.29, 1.82) is 0 Å². The second-order valence-corrected chi connectivity index (χ2v) is 9.81. The summed E-state index contributed by atoms with van der Waals surface area (Å²) < 4.78 is 2.00. The highest BCUT2D eigenvalue weighted by Crippen LogP contribution is 2.36. The lowest BCUT2D eigenvalue weighted by atomic mass is 9.94. The van der Waals surface area contributed by atoms with Gasteiger partial charge in [-0.1, -0.05) is 65.6 Å². The van der Waals surface area contributed by atoms with Gasteiger partial charge >= 0.3 is 0 Å². The maximum atomic E-state index is 6.57. The molecule has 1 aliphatic rings. The summed E-state index contributed by atoms with van der Waals surface area (Å²) in [5.74, 6) is 2.28. The van der Waals surface area contributed by atoms with Gasteiger partial charge in [-0.2, -0.15) is 0 Å². The van der Waals surface area contributed by atoms with Gasteiger partial charge in [0.1, 0.15) is 23.2 Å². The van der Waals surface area contributed by atoms with Gasteiger partial charge < -0.3 is 20.9 Å². The van der Waals surface area contributed by atoms with E-state index in [1.165, 1.54) is 0 Å². The number of aromatic nitrogens is 2. The molecule has 0 spiro atoms. The van der Waals surface area contributed by atoms with Crippen LogP contribution in [0.2, 0.25) is 15.1 Å². The van der Waals surface area contributed by atoms with Crippen molar-refractivity contribution < 1.29 is 0 Å². The summed E-state index contributed by atoms with van der Waals surface area (Å²) in [5, 5.41) is 8.33. The van der Waals surface area contributed by atoms with Crippen molar-refractivity contribution in [3.8, 4) is 11.4 Å². The third-order valence-electron chi connectivity index (χ3n) is 6.22. The first kappa shape index (κ1) is 25.6. The zero-order valence-electron chi connectivity index (χ0n) is 19.4. The molecule has 9 heteroatoms. The van der Waals surface area contributed by atoms with Gasteiger partial charge in [0.25, 0.3) is 0 Å². The third kappa shape index (κ3) is 6.39. The van der Waals surface area contributed by atoms with Crippen LogP contribution in [0.15, 0.2) is 59.9 Å². The van der Waals surface area contributed by atoms with Crippen LogP contribution in [0.5, 0.6) is 0 Å². The Kier molecular flexibility index (Phi) is 8.74. The van der Waals surface area contributed by atoms with E-state index in [-0.39, 0.29) is 0 Å². The molecule has 2 aromatic carbocycles. The second kappa shape index (κ2) is 12.0. The van der Waals surface area contributed by atoms with E-state index < -0.39 is 0 Å². The fourth-order valence-corrected chi connectivity index (χ4v) is 4.98. The van der Waals surface area contributed by atoms with Crippen molar-refractivity contribution >= 4 is 46.8 Å². The molecule has 1 aliphatic heterocycles. The number of hydrogen-bond donors (Lipinski definition) is 3. The molecule has 6 nitrogen and oxygen atoms in total. The van der Waals surface area contributed by atoms with Crippen LogP contribution in [0, 0.1) is 5.92 Å². The number of nitrogen functional groups attached to an aromatic ring is 1. The second-order valence-electron chi connectivity index (χ2n) is 8.59. The molecule has 4 N–H and O–H groups in total. The van der Waals surface area contributed by atoms with Crippen molar-refractivity contribution in [2.24, 2.45) is 10.9 Å². The van der Waals surface area contributed by atoms with Crippen LogP contribution in [0.4, 0.5) is 5.82 Å². The lowest BCUT2D eigenvalue weighted by molar-refractivity contribution is 0.339. The van der Waals surface area contributed by atoms with Gasteiger partial charge in [0.15, 0.2) is 0 Å². The van der Waals surface area contributed by atoms with E-state index in [0.29, 0.717) is 56.3 Å². The Balaban J connectivity index is 1.56. The number of halogens is 3. The zero-order valence-corrected chi connectivity index (χ0v) is 21.7. The number of piperidine rings is 1. The van der Waals surface area contributed by atoms with E-state index in [4.69, 9.17) is 45.5 Å². The number of nitrogens with one attached hydrogen (secondary N) is 2. The largest absolute Gasteiger partial charge is 0.383 e. The molecular formula is C26H29Cl3N6. The predicted octanol–water partition coefficient (Wildman–Crippen LogP) is 6.16. The first-order valence-corrected chi connectivity index (χ1v) is 12.8. The molecule has 1 fully saturated rings. The minimum atomic E-state index is 0.478. The maximum absolute atomic E-state index is 6.57. The van der Waals surface area contributed by atoms with Gasteiger partial charge in [-0.3, -0.25) is 0 Å². The van der Waals surface area contributed by atoms with E-state index in [2.05, 4.69) is 22.2 Å². The fourth-order valence-electron chi connectivity index (χ4n) is 4.21. The first-order valence-electron chi connectivity index (χ1n) is 11.7. The molecule has 1 saturated heterocycles. The van der Waals surface area contributed by atoms with Gasteiger partial charge in [0.05, 0.1) is 21.8 Å². The molecule has 0 bridgehead atoms. The first-order chi connectivity index (χ1) is 16.9.